The average Bonchev–Trinajstić information content (AvgIpc) is 2.98. The van der Waals surface area contributed by atoms with Gasteiger partial charge in [0.05, 0.1) is 18.2 Å². The van der Waals surface area contributed by atoms with Crippen molar-refractivity contribution in [1.82, 2.24) is 9.80 Å². The summed E-state index contributed by atoms with van der Waals surface area (Å²) >= 11 is 0. The van der Waals surface area contributed by atoms with Crippen molar-refractivity contribution in [3.05, 3.63) is 59.7 Å². The Morgan fingerprint density at radius 1 is 1.00 bits per heavy atom. The van der Waals surface area contributed by atoms with Crippen molar-refractivity contribution >= 4 is 17.5 Å². The highest BCUT2D eigenvalue weighted by Gasteiger charge is 2.43. The molecule has 1 N–H and O–H groups in total. The first-order valence-corrected chi connectivity index (χ1v) is 9.69. The number of piperazine rings is 1. The van der Waals surface area contributed by atoms with E-state index in [2.05, 4.69) is 21.9 Å². The van der Waals surface area contributed by atoms with Crippen LogP contribution in [-0.4, -0.2) is 58.9 Å². The summed E-state index contributed by atoms with van der Waals surface area (Å²) in [5.41, 5.74) is 2.57. The van der Waals surface area contributed by atoms with Crippen LogP contribution in [0, 0.1) is 6.92 Å². The van der Waals surface area contributed by atoms with Crippen LogP contribution in [0.1, 0.15) is 17.5 Å². The molecule has 2 amide bonds. The van der Waals surface area contributed by atoms with Crippen molar-refractivity contribution in [1.29, 1.82) is 0 Å². The third-order valence-electron chi connectivity index (χ3n) is 5.64. The fourth-order valence-corrected chi connectivity index (χ4v) is 4.12. The number of aromatic hydroxyl groups is 1. The van der Waals surface area contributed by atoms with Gasteiger partial charge in [-0.15, -0.1) is 0 Å². The normalized spacial score (nSPS) is 21.5. The van der Waals surface area contributed by atoms with Gasteiger partial charge in [-0.25, -0.2) is 4.90 Å². The lowest BCUT2D eigenvalue weighted by Gasteiger charge is -2.37. The summed E-state index contributed by atoms with van der Waals surface area (Å²) in [6, 6.07) is 14.7. The molecular weight excluding hydrogens is 354 g/mol. The van der Waals surface area contributed by atoms with E-state index in [0.29, 0.717) is 5.69 Å². The number of carbonyl (C=O) groups is 2. The molecule has 0 radical (unpaired) electrons. The molecule has 0 spiro atoms. The maximum Gasteiger partial charge on any atom is 0.251 e. The fraction of sp³-hybridized carbons (Fsp3) is 0.364. The number of aryl methyl sites for hydroxylation is 1. The lowest BCUT2D eigenvalue weighted by Crippen LogP contribution is -2.52. The van der Waals surface area contributed by atoms with Crippen LogP contribution in [-0.2, 0) is 16.1 Å². The molecule has 2 aliphatic heterocycles. The first-order valence-electron chi connectivity index (χ1n) is 9.69. The number of imide groups is 1. The Bertz CT molecular complexity index is 876. The monoisotopic (exact) mass is 379 g/mol. The Hall–Kier alpha value is -2.70. The smallest absolute Gasteiger partial charge is 0.251 e. The van der Waals surface area contributed by atoms with E-state index in [9.17, 15) is 14.7 Å². The lowest BCUT2D eigenvalue weighted by molar-refractivity contribution is -0.123. The Morgan fingerprint density at radius 3 is 2.39 bits per heavy atom. The topological polar surface area (TPSA) is 64.1 Å². The summed E-state index contributed by atoms with van der Waals surface area (Å²) in [5.74, 6) is -0.197. The molecule has 6 nitrogen and oxygen atoms in total. The number of benzene rings is 2. The van der Waals surface area contributed by atoms with E-state index in [1.807, 2.05) is 18.2 Å². The third-order valence-corrected chi connectivity index (χ3v) is 5.64. The number of phenols is 1. The lowest BCUT2D eigenvalue weighted by atomic mass is 10.1. The van der Waals surface area contributed by atoms with Crippen LogP contribution in [0.5, 0.6) is 5.75 Å². The first kappa shape index (κ1) is 18.7. The van der Waals surface area contributed by atoms with Gasteiger partial charge in [-0.1, -0.05) is 30.3 Å². The highest BCUT2D eigenvalue weighted by Crippen LogP contribution is 2.30. The second-order valence-corrected chi connectivity index (χ2v) is 7.56. The van der Waals surface area contributed by atoms with E-state index in [0.717, 1.165) is 38.3 Å². The number of amides is 2. The van der Waals surface area contributed by atoms with E-state index in [-0.39, 0.29) is 30.0 Å². The highest BCUT2D eigenvalue weighted by molar-refractivity contribution is 6.22. The molecule has 0 bridgehead atoms. The van der Waals surface area contributed by atoms with E-state index >= 15 is 0 Å². The highest BCUT2D eigenvalue weighted by atomic mass is 16.3. The Labute approximate surface area is 165 Å². The molecule has 4 rings (SSSR count). The number of rotatable bonds is 4. The Balaban J connectivity index is 1.41. The quantitative estimate of drug-likeness (QED) is 0.825. The maximum atomic E-state index is 13.0. The van der Waals surface area contributed by atoms with Crippen LogP contribution in [0.3, 0.4) is 0 Å². The number of phenolic OH excluding ortho intramolecular Hbond substituents is 1. The zero-order valence-electron chi connectivity index (χ0n) is 16.0. The second kappa shape index (κ2) is 7.73. The molecule has 0 aromatic heterocycles. The summed E-state index contributed by atoms with van der Waals surface area (Å²) in [7, 11) is 0. The zero-order valence-corrected chi connectivity index (χ0v) is 16.0. The number of carbonyl (C=O) groups excluding carboxylic acids is 2. The number of hydrogen-bond donors (Lipinski definition) is 1. The van der Waals surface area contributed by atoms with Crippen molar-refractivity contribution in [3.8, 4) is 5.75 Å². The van der Waals surface area contributed by atoms with Gasteiger partial charge in [0, 0.05) is 32.7 Å². The molecule has 28 heavy (non-hydrogen) atoms. The largest absolute Gasteiger partial charge is 0.508 e. The summed E-state index contributed by atoms with van der Waals surface area (Å²) < 4.78 is 0. The summed E-state index contributed by atoms with van der Waals surface area (Å²) in [6.07, 6.45) is 0.220. The minimum atomic E-state index is -0.389. The molecule has 2 heterocycles. The molecule has 0 saturated carbocycles. The van der Waals surface area contributed by atoms with Gasteiger partial charge >= 0.3 is 0 Å². The number of anilines is 1. The summed E-state index contributed by atoms with van der Waals surface area (Å²) in [4.78, 5) is 31.4. The number of hydrogen-bond acceptors (Lipinski definition) is 5. The van der Waals surface area contributed by atoms with Crippen LogP contribution in [0.4, 0.5) is 5.69 Å². The van der Waals surface area contributed by atoms with Crippen LogP contribution in [0.15, 0.2) is 48.5 Å². The van der Waals surface area contributed by atoms with Gasteiger partial charge in [-0.05, 0) is 36.2 Å². The van der Waals surface area contributed by atoms with Gasteiger partial charge in [-0.2, -0.15) is 0 Å². The average molecular weight is 379 g/mol. The molecule has 2 aliphatic rings. The predicted octanol–water partition coefficient (Wildman–Crippen LogP) is 2.15. The minimum absolute atomic E-state index is 0.131. The molecule has 6 heteroatoms. The predicted molar refractivity (Wildman–Crippen MR) is 107 cm³/mol. The van der Waals surface area contributed by atoms with Crippen molar-refractivity contribution in [2.24, 2.45) is 0 Å². The van der Waals surface area contributed by atoms with Crippen molar-refractivity contribution in [2.45, 2.75) is 25.9 Å². The molecule has 1 atom stereocenters. The van der Waals surface area contributed by atoms with Crippen molar-refractivity contribution in [2.75, 3.05) is 31.1 Å². The van der Waals surface area contributed by atoms with Gasteiger partial charge in [0.2, 0.25) is 5.91 Å². The van der Waals surface area contributed by atoms with Crippen LogP contribution < -0.4 is 4.90 Å². The van der Waals surface area contributed by atoms with E-state index in [4.69, 9.17) is 0 Å². The first-order chi connectivity index (χ1) is 13.5. The van der Waals surface area contributed by atoms with Crippen LogP contribution >= 0.6 is 0 Å². The van der Waals surface area contributed by atoms with Crippen LogP contribution in [0.25, 0.3) is 0 Å². The second-order valence-electron chi connectivity index (χ2n) is 7.56. The van der Waals surface area contributed by atoms with E-state index < -0.39 is 0 Å². The zero-order chi connectivity index (χ0) is 19.7. The third kappa shape index (κ3) is 3.66. The van der Waals surface area contributed by atoms with E-state index in [1.165, 1.54) is 16.5 Å². The van der Waals surface area contributed by atoms with Crippen LogP contribution in [0.2, 0.25) is 0 Å². The van der Waals surface area contributed by atoms with Gasteiger partial charge in [0.1, 0.15) is 5.75 Å². The van der Waals surface area contributed by atoms with Crippen molar-refractivity contribution in [3.63, 3.8) is 0 Å². The SMILES string of the molecule is Cc1cc(O)ccc1N1C(=O)CC(N2CCN(Cc3ccccc3)CC2)C1=O. The molecular formula is C22H25N3O3. The van der Waals surface area contributed by atoms with Gasteiger partial charge in [0.25, 0.3) is 5.91 Å². The number of nitrogens with zero attached hydrogens (tertiary/aromatic N) is 3. The fourth-order valence-electron chi connectivity index (χ4n) is 4.12. The molecule has 2 fully saturated rings. The molecule has 146 valence electrons. The summed E-state index contributed by atoms with van der Waals surface area (Å²) in [5, 5.41) is 9.60. The molecule has 2 aromatic carbocycles. The molecule has 1 unspecified atom stereocenters. The molecule has 2 saturated heterocycles. The maximum absolute atomic E-state index is 13.0. The Morgan fingerprint density at radius 2 is 1.71 bits per heavy atom. The standard InChI is InChI=1S/C22H25N3O3/c1-16-13-18(26)7-8-19(16)25-21(27)14-20(22(25)28)24-11-9-23(10-12-24)15-17-5-3-2-4-6-17/h2-8,13,20,26H,9-12,14-15H2,1H3. The Kier molecular flexibility index (Phi) is 5.15. The minimum Gasteiger partial charge on any atom is -0.508 e. The van der Waals surface area contributed by atoms with Gasteiger partial charge in [0.15, 0.2) is 0 Å². The van der Waals surface area contributed by atoms with Crippen molar-refractivity contribution < 1.29 is 14.7 Å². The van der Waals surface area contributed by atoms with E-state index in [1.54, 1.807) is 19.1 Å². The summed E-state index contributed by atoms with van der Waals surface area (Å²) in [6.45, 7) is 6.02. The molecule has 2 aromatic rings. The molecule has 0 aliphatic carbocycles. The van der Waals surface area contributed by atoms with Gasteiger partial charge < -0.3 is 5.11 Å². The van der Waals surface area contributed by atoms with Gasteiger partial charge in [-0.3, -0.25) is 19.4 Å².